The lowest BCUT2D eigenvalue weighted by Gasteiger charge is -2.43. The first-order valence-corrected chi connectivity index (χ1v) is 8.99. The normalized spacial score (nSPS) is 19.4. The second-order valence-corrected chi connectivity index (χ2v) is 6.92. The summed E-state index contributed by atoms with van der Waals surface area (Å²) in [6, 6.07) is 19.8. The van der Waals surface area contributed by atoms with E-state index in [2.05, 4.69) is 66.0 Å². The monoisotopic (exact) mass is 339 g/mol. The molecule has 24 heavy (non-hydrogen) atoms. The van der Waals surface area contributed by atoms with Crippen molar-refractivity contribution in [3.8, 4) is 11.1 Å². The smallest absolute Gasteiger partial charge is 0.0437 e. The summed E-state index contributed by atoms with van der Waals surface area (Å²) in [5.74, 6) is 0. The van der Waals surface area contributed by atoms with Gasteiger partial charge < -0.3 is 5.32 Å². The number of halogens is 1. The highest BCUT2D eigenvalue weighted by atomic mass is 35.5. The van der Waals surface area contributed by atoms with Crippen molar-refractivity contribution >= 4 is 18.0 Å². The highest BCUT2D eigenvalue weighted by Gasteiger charge is 2.37. The molecule has 0 aromatic heterocycles. The molecule has 0 amide bonds. The summed E-state index contributed by atoms with van der Waals surface area (Å²) >= 11 is 0. The van der Waals surface area contributed by atoms with Crippen molar-refractivity contribution in [2.24, 2.45) is 0 Å². The lowest BCUT2D eigenvalue weighted by Crippen LogP contribution is -2.49. The zero-order valence-corrected chi connectivity index (χ0v) is 14.9. The number of hydrogen-bond acceptors (Lipinski definition) is 1. The quantitative estimate of drug-likeness (QED) is 0.723. The number of hydrogen-bond donors (Lipinski definition) is 1. The van der Waals surface area contributed by atoms with Crippen LogP contribution in [0.1, 0.15) is 44.1 Å². The minimum Gasteiger partial charge on any atom is -0.307 e. The van der Waals surface area contributed by atoms with E-state index in [4.69, 9.17) is 0 Å². The molecule has 2 aliphatic rings. The van der Waals surface area contributed by atoms with Crippen LogP contribution in [-0.2, 0) is 0 Å². The fourth-order valence-corrected chi connectivity index (χ4v) is 4.29. The molecule has 1 nitrogen and oxygen atoms in total. The first kappa shape index (κ1) is 17.3. The number of nitrogens with one attached hydrogen (secondary N) is 1. The number of benzene rings is 2. The molecule has 0 saturated heterocycles. The lowest BCUT2D eigenvalue weighted by molar-refractivity contribution is 0.295. The van der Waals surface area contributed by atoms with E-state index < -0.39 is 0 Å². The summed E-state index contributed by atoms with van der Waals surface area (Å²) < 4.78 is 0. The maximum absolute atomic E-state index is 3.86. The van der Waals surface area contributed by atoms with E-state index in [1.165, 1.54) is 48.8 Å². The molecule has 1 aliphatic carbocycles. The third-order valence-corrected chi connectivity index (χ3v) is 5.48. The van der Waals surface area contributed by atoms with Crippen molar-refractivity contribution in [3.63, 3.8) is 0 Å². The van der Waals surface area contributed by atoms with E-state index in [1.54, 1.807) is 5.57 Å². The Morgan fingerprint density at radius 2 is 1.33 bits per heavy atom. The Bertz CT molecular complexity index is 682. The maximum Gasteiger partial charge on any atom is 0.0437 e. The van der Waals surface area contributed by atoms with E-state index in [9.17, 15) is 0 Å². The van der Waals surface area contributed by atoms with Gasteiger partial charge in [0.05, 0.1) is 0 Å². The van der Waals surface area contributed by atoms with Crippen LogP contribution in [0.4, 0.5) is 0 Å². The molecule has 1 N–H and O–H groups in total. The molecule has 0 atom stereocenters. The van der Waals surface area contributed by atoms with Crippen molar-refractivity contribution < 1.29 is 0 Å². The van der Waals surface area contributed by atoms with E-state index in [0.717, 1.165) is 13.0 Å². The Kier molecular flexibility index (Phi) is 5.43. The van der Waals surface area contributed by atoms with Gasteiger partial charge in [0.25, 0.3) is 0 Å². The van der Waals surface area contributed by atoms with Gasteiger partial charge in [-0.2, -0.15) is 0 Å². The van der Waals surface area contributed by atoms with Crippen molar-refractivity contribution in [2.45, 2.75) is 44.1 Å². The average molecular weight is 340 g/mol. The van der Waals surface area contributed by atoms with E-state index in [0.29, 0.717) is 0 Å². The summed E-state index contributed by atoms with van der Waals surface area (Å²) in [6.45, 7) is 1.13. The molecule has 126 valence electrons. The molecule has 1 heterocycles. The fraction of sp³-hybridized carbons (Fsp3) is 0.364. The minimum absolute atomic E-state index is 0. The molecular formula is C22H26ClN. The maximum atomic E-state index is 3.86. The topological polar surface area (TPSA) is 12.0 Å². The third-order valence-electron chi connectivity index (χ3n) is 5.48. The van der Waals surface area contributed by atoms with Crippen LogP contribution < -0.4 is 5.32 Å². The standard InChI is InChI=1S/C22H25N.ClH/c1-3-8-18(9-4-1)19-11-13-20(14-12-19)21-10-7-17-23-22(21)15-5-2-6-16-22;/h1,3-4,8-14,23H,2,5-7,15-17H2;1H. The van der Waals surface area contributed by atoms with Crippen LogP contribution >= 0.6 is 12.4 Å². The summed E-state index contributed by atoms with van der Waals surface area (Å²) in [7, 11) is 0. The third kappa shape index (κ3) is 3.29. The first-order chi connectivity index (χ1) is 11.4. The summed E-state index contributed by atoms with van der Waals surface area (Å²) in [5, 5.41) is 3.86. The SMILES string of the molecule is C1=C(c2ccc(-c3ccccc3)cc2)C2(CCCCC2)NCC1.Cl. The predicted octanol–water partition coefficient (Wildman–Crippen LogP) is 5.86. The molecule has 0 unspecified atom stereocenters. The fourth-order valence-electron chi connectivity index (χ4n) is 4.29. The van der Waals surface area contributed by atoms with Crippen LogP contribution in [0.2, 0.25) is 0 Å². The first-order valence-electron chi connectivity index (χ1n) is 8.99. The van der Waals surface area contributed by atoms with Gasteiger partial charge in [-0.1, -0.05) is 79.9 Å². The molecular weight excluding hydrogens is 314 g/mol. The largest absolute Gasteiger partial charge is 0.307 e. The van der Waals surface area contributed by atoms with Crippen LogP contribution in [-0.4, -0.2) is 12.1 Å². The highest BCUT2D eigenvalue weighted by molar-refractivity contribution is 5.85. The van der Waals surface area contributed by atoms with Crippen molar-refractivity contribution in [1.82, 2.24) is 5.32 Å². The molecule has 2 aromatic carbocycles. The van der Waals surface area contributed by atoms with Gasteiger partial charge in [-0.3, -0.25) is 0 Å². The van der Waals surface area contributed by atoms with Gasteiger partial charge in [-0.05, 0) is 48.1 Å². The molecule has 2 aromatic rings. The van der Waals surface area contributed by atoms with Crippen LogP contribution in [0.3, 0.4) is 0 Å². The van der Waals surface area contributed by atoms with Gasteiger partial charge in [0.15, 0.2) is 0 Å². The average Bonchev–Trinajstić information content (AvgIpc) is 2.64. The zero-order valence-electron chi connectivity index (χ0n) is 14.1. The van der Waals surface area contributed by atoms with Gasteiger partial charge in [0.1, 0.15) is 0 Å². The molecule has 4 rings (SSSR count). The van der Waals surface area contributed by atoms with Crippen molar-refractivity contribution in [2.75, 3.05) is 6.54 Å². The van der Waals surface area contributed by atoms with Crippen molar-refractivity contribution in [3.05, 3.63) is 66.2 Å². The van der Waals surface area contributed by atoms with E-state index >= 15 is 0 Å². The van der Waals surface area contributed by atoms with Gasteiger partial charge in [0, 0.05) is 5.54 Å². The van der Waals surface area contributed by atoms with Crippen LogP contribution in [0.15, 0.2) is 60.7 Å². The molecule has 0 bridgehead atoms. The van der Waals surface area contributed by atoms with E-state index in [1.807, 2.05) is 0 Å². The molecule has 1 spiro atoms. The summed E-state index contributed by atoms with van der Waals surface area (Å²) in [5.41, 5.74) is 5.78. The lowest BCUT2D eigenvalue weighted by atomic mass is 9.72. The predicted molar refractivity (Wildman–Crippen MR) is 106 cm³/mol. The Morgan fingerprint density at radius 3 is 2.04 bits per heavy atom. The Hall–Kier alpha value is -1.57. The van der Waals surface area contributed by atoms with Gasteiger partial charge in [-0.15, -0.1) is 12.4 Å². The van der Waals surface area contributed by atoms with Crippen molar-refractivity contribution in [1.29, 1.82) is 0 Å². The molecule has 1 saturated carbocycles. The minimum atomic E-state index is 0. The van der Waals surface area contributed by atoms with Gasteiger partial charge in [0.2, 0.25) is 0 Å². The summed E-state index contributed by atoms with van der Waals surface area (Å²) in [4.78, 5) is 0. The molecule has 1 aliphatic heterocycles. The Balaban J connectivity index is 0.00000169. The van der Waals surface area contributed by atoms with Crippen LogP contribution in [0, 0.1) is 0 Å². The van der Waals surface area contributed by atoms with Crippen LogP contribution in [0.5, 0.6) is 0 Å². The summed E-state index contributed by atoms with van der Waals surface area (Å²) in [6.07, 6.45) is 10.3. The molecule has 2 heteroatoms. The van der Waals surface area contributed by atoms with Crippen LogP contribution in [0.25, 0.3) is 16.7 Å². The Morgan fingerprint density at radius 1 is 0.708 bits per heavy atom. The second kappa shape index (κ2) is 7.55. The highest BCUT2D eigenvalue weighted by Crippen LogP contribution is 2.41. The number of rotatable bonds is 2. The van der Waals surface area contributed by atoms with E-state index in [-0.39, 0.29) is 17.9 Å². The molecule has 1 fully saturated rings. The van der Waals surface area contributed by atoms with Gasteiger partial charge >= 0.3 is 0 Å². The Labute approximate surface area is 151 Å². The zero-order chi connectivity index (χ0) is 15.5. The molecule has 0 radical (unpaired) electrons. The van der Waals surface area contributed by atoms with Gasteiger partial charge in [-0.25, -0.2) is 0 Å². The second-order valence-electron chi connectivity index (χ2n) is 6.92.